The van der Waals surface area contributed by atoms with Crippen molar-refractivity contribution >= 4 is 39.5 Å². The lowest BCUT2D eigenvalue weighted by Crippen LogP contribution is -2.27. The maximum atomic E-state index is 12.4. The number of anilines is 1. The molecule has 0 bridgehead atoms. The summed E-state index contributed by atoms with van der Waals surface area (Å²) in [4.78, 5) is 37.7. The van der Waals surface area contributed by atoms with Crippen LogP contribution in [0.2, 0.25) is 0 Å². The van der Waals surface area contributed by atoms with Gasteiger partial charge in [0.1, 0.15) is 5.70 Å². The number of halogens is 1. The maximum Gasteiger partial charge on any atom is 0.355 e. The molecule has 1 aromatic carbocycles. The zero-order chi connectivity index (χ0) is 19.3. The first-order valence-electron chi connectivity index (χ1n) is 7.37. The van der Waals surface area contributed by atoms with E-state index in [0.29, 0.717) is 15.7 Å². The fourth-order valence-electron chi connectivity index (χ4n) is 2.30. The highest BCUT2D eigenvalue weighted by Crippen LogP contribution is 2.33. The molecule has 0 fully saturated rings. The molecule has 2 rings (SSSR count). The molecule has 0 atom stereocenters. The molecule has 7 nitrogen and oxygen atoms in total. The van der Waals surface area contributed by atoms with E-state index in [1.54, 1.807) is 36.6 Å². The monoisotopic (exact) mass is 421 g/mol. The molecule has 1 heterocycles. The smallest absolute Gasteiger partial charge is 0.355 e. The summed E-state index contributed by atoms with van der Waals surface area (Å²) in [5.74, 6) is -1.90. The molecule has 1 aromatic rings. The minimum Gasteiger partial charge on any atom is -0.465 e. The Bertz CT molecular complexity index is 840. The van der Waals surface area contributed by atoms with E-state index in [1.165, 1.54) is 32.3 Å². The van der Waals surface area contributed by atoms with E-state index in [-0.39, 0.29) is 11.3 Å². The lowest BCUT2D eigenvalue weighted by Gasteiger charge is -2.24. The summed E-state index contributed by atoms with van der Waals surface area (Å²) in [6.45, 7) is 0. The molecular formula is C18H16BrNO6. The first-order chi connectivity index (χ1) is 12.4. The lowest BCUT2D eigenvalue weighted by atomic mass is 10.1. The minimum atomic E-state index is -0.717. The summed E-state index contributed by atoms with van der Waals surface area (Å²) in [5.41, 5.74) is 0.861. The normalized spacial score (nSPS) is 13.3. The fourth-order valence-corrected chi connectivity index (χ4v) is 2.87. The van der Waals surface area contributed by atoms with Gasteiger partial charge in [-0.05, 0) is 46.3 Å². The predicted molar refractivity (Wildman–Crippen MR) is 97.3 cm³/mol. The van der Waals surface area contributed by atoms with Crippen LogP contribution in [0.15, 0.2) is 58.4 Å². The van der Waals surface area contributed by atoms with Gasteiger partial charge >= 0.3 is 17.9 Å². The molecule has 26 heavy (non-hydrogen) atoms. The van der Waals surface area contributed by atoms with Gasteiger partial charge in [-0.15, -0.1) is 0 Å². The zero-order valence-corrected chi connectivity index (χ0v) is 15.9. The molecule has 0 aromatic heterocycles. The highest BCUT2D eigenvalue weighted by atomic mass is 79.9. The van der Waals surface area contributed by atoms with Gasteiger partial charge in [0.05, 0.1) is 38.2 Å². The van der Waals surface area contributed by atoms with Gasteiger partial charge in [-0.2, -0.15) is 0 Å². The van der Waals surface area contributed by atoms with Gasteiger partial charge in [0.25, 0.3) is 0 Å². The number of hydrogen-bond donors (Lipinski definition) is 0. The van der Waals surface area contributed by atoms with E-state index in [9.17, 15) is 14.4 Å². The van der Waals surface area contributed by atoms with Crippen LogP contribution in [0.5, 0.6) is 0 Å². The number of rotatable bonds is 4. The Hall–Kier alpha value is -2.87. The third kappa shape index (κ3) is 3.85. The molecular weight excluding hydrogens is 406 g/mol. The molecule has 0 amide bonds. The quantitative estimate of drug-likeness (QED) is 0.545. The van der Waals surface area contributed by atoms with Crippen molar-refractivity contribution in [3.8, 4) is 0 Å². The molecule has 0 aliphatic carbocycles. The van der Waals surface area contributed by atoms with E-state index >= 15 is 0 Å². The van der Waals surface area contributed by atoms with Crippen molar-refractivity contribution in [1.29, 1.82) is 0 Å². The van der Waals surface area contributed by atoms with E-state index in [0.717, 1.165) is 0 Å². The van der Waals surface area contributed by atoms with Gasteiger partial charge in [-0.3, -0.25) is 0 Å². The van der Waals surface area contributed by atoms with Gasteiger partial charge in [0, 0.05) is 10.7 Å². The van der Waals surface area contributed by atoms with E-state index in [4.69, 9.17) is 14.2 Å². The molecule has 1 aliphatic heterocycles. The summed E-state index contributed by atoms with van der Waals surface area (Å²) in [5, 5.41) is 0. The third-order valence-electron chi connectivity index (χ3n) is 3.52. The Morgan fingerprint density at radius 2 is 1.58 bits per heavy atom. The van der Waals surface area contributed by atoms with Crippen molar-refractivity contribution in [1.82, 2.24) is 0 Å². The number of nitrogens with zero attached hydrogens (tertiary/aromatic N) is 1. The highest BCUT2D eigenvalue weighted by molar-refractivity contribution is 9.10. The number of methoxy groups -OCH3 is 3. The van der Waals surface area contributed by atoms with Crippen LogP contribution in [0.3, 0.4) is 0 Å². The molecule has 0 radical (unpaired) electrons. The Balaban J connectivity index is 2.63. The topological polar surface area (TPSA) is 82.1 Å². The van der Waals surface area contributed by atoms with Crippen LogP contribution < -0.4 is 4.90 Å². The number of carbonyl (C=O) groups excluding carboxylic acids is 3. The highest BCUT2D eigenvalue weighted by Gasteiger charge is 2.28. The van der Waals surface area contributed by atoms with Crippen molar-refractivity contribution in [3.63, 3.8) is 0 Å². The van der Waals surface area contributed by atoms with E-state index in [1.807, 2.05) is 0 Å². The average molecular weight is 422 g/mol. The molecule has 1 aliphatic rings. The first kappa shape index (κ1) is 19.5. The molecule has 136 valence electrons. The molecule has 0 unspecified atom stereocenters. The van der Waals surface area contributed by atoms with Crippen LogP contribution in [0, 0.1) is 0 Å². The van der Waals surface area contributed by atoms with Gasteiger partial charge in [-0.25, -0.2) is 14.4 Å². The van der Waals surface area contributed by atoms with Crippen LogP contribution in [-0.2, 0) is 23.8 Å². The minimum absolute atomic E-state index is 0.0177. The summed E-state index contributed by atoms with van der Waals surface area (Å²) >= 11 is 3.38. The molecule has 0 saturated carbocycles. The zero-order valence-electron chi connectivity index (χ0n) is 14.3. The van der Waals surface area contributed by atoms with Crippen molar-refractivity contribution in [2.75, 3.05) is 26.2 Å². The first-order valence-corrected chi connectivity index (χ1v) is 8.16. The SMILES string of the molecule is COC(=O)C1=C(C(=O)OC)N(c2ccc(C(=O)OC)cc2Br)C=CC=C1. The number of allylic oxidation sites excluding steroid dienone is 2. The number of ether oxygens (including phenoxy) is 3. The van der Waals surface area contributed by atoms with Crippen LogP contribution in [0.4, 0.5) is 5.69 Å². The molecule has 0 N–H and O–H groups in total. The Morgan fingerprint density at radius 3 is 2.15 bits per heavy atom. The second-order valence-corrected chi connectivity index (χ2v) is 5.83. The fraction of sp³-hybridized carbons (Fsp3) is 0.167. The second-order valence-electron chi connectivity index (χ2n) is 4.97. The van der Waals surface area contributed by atoms with E-state index in [2.05, 4.69) is 15.9 Å². The maximum absolute atomic E-state index is 12.4. The predicted octanol–water partition coefficient (Wildman–Crippen LogP) is 2.73. The standard InChI is InChI=1S/C18H16BrNO6/c1-24-16(21)11-7-8-14(13(19)10-11)20-9-5-4-6-12(17(22)25-2)15(20)18(23)26-3/h4-10H,1-3H3. The molecule has 0 spiro atoms. The second kappa shape index (κ2) is 8.48. The van der Waals surface area contributed by atoms with Crippen molar-refractivity contribution < 1.29 is 28.6 Å². The molecule has 0 saturated heterocycles. The van der Waals surface area contributed by atoms with Gasteiger partial charge in [0.2, 0.25) is 0 Å². The van der Waals surface area contributed by atoms with E-state index < -0.39 is 17.9 Å². The van der Waals surface area contributed by atoms with Crippen LogP contribution >= 0.6 is 15.9 Å². The lowest BCUT2D eigenvalue weighted by molar-refractivity contribution is -0.139. The number of esters is 3. The number of benzene rings is 1. The Kier molecular flexibility index (Phi) is 6.35. The molecule has 8 heteroatoms. The van der Waals surface area contributed by atoms with Crippen LogP contribution in [0.1, 0.15) is 10.4 Å². The van der Waals surface area contributed by atoms with Crippen LogP contribution in [-0.4, -0.2) is 39.2 Å². The Morgan fingerprint density at radius 1 is 0.923 bits per heavy atom. The third-order valence-corrected chi connectivity index (χ3v) is 4.15. The van der Waals surface area contributed by atoms with Crippen LogP contribution in [0.25, 0.3) is 0 Å². The van der Waals surface area contributed by atoms with Gasteiger partial charge < -0.3 is 19.1 Å². The van der Waals surface area contributed by atoms with Crippen molar-refractivity contribution in [3.05, 3.63) is 63.9 Å². The number of carbonyl (C=O) groups is 3. The van der Waals surface area contributed by atoms with Crippen molar-refractivity contribution in [2.45, 2.75) is 0 Å². The largest absolute Gasteiger partial charge is 0.465 e. The van der Waals surface area contributed by atoms with Gasteiger partial charge in [-0.1, -0.05) is 6.08 Å². The Labute approximate surface area is 158 Å². The number of hydrogen-bond acceptors (Lipinski definition) is 7. The summed E-state index contributed by atoms with van der Waals surface area (Å²) < 4.78 is 14.8. The summed E-state index contributed by atoms with van der Waals surface area (Å²) in [6, 6.07) is 4.72. The van der Waals surface area contributed by atoms with Gasteiger partial charge in [0.15, 0.2) is 0 Å². The average Bonchev–Trinajstić information content (AvgIpc) is 2.88. The summed E-state index contributed by atoms with van der Waals surface area (Å²) in [7, 11) is 3.73. The van der Waals surface area contributed by atoms with Crippen molar-refractivity contribution in [2.24, 2.45) is 0 Å². The summed E-state index contributed by atoms with van der Waals surface area (Å²) in [6.07, 6.45) is 6.31.